The van der Waals surface area contributed by atoms with Gasteiger partial charge in [0.15, 0.2) is 0 Å². The fourth-order valence-electron chi connectivity index (χ4n) is 2.43. The molecule has 0 unspecified atom stereocenters. The summed E-state index contributed by atoms with van der Waals surface area (Å²) in [5, 5.41) is 13.7. The Bertz CT molecular complexity index is 931. The van der Waals surface area contributed by atoms with Crippen LogP contribution in [0.2, 0.25) is 19.6 Å². The molecule has 5 nitrogen and oxygen atoms in total. The summed E-state index contributed by atoms with van der Waals surface area (Å²) in [7, 11) is -1.63. The Balaban J connectivity index is 2.07. The molecule has 7 heteroatoms. The largest absolute Gasteiger partial charge is 0.475 e. The number of carboxylic acids is 1. The van der Waals surface area contributed by atoms with E-state index >= 15 is 0 Å². The third-order valence-electron chi connectivity index (χ3n) is 3.78. The first-order valence-corrected chi connectivity index (χ1v) is 10.9. The van der Waals surface area contributed by atoms with Crippen LogP contribution in [0.5, 0.6) is 0 Å². The zero-order chi connectivity index (χ0) is 17.5. The van der Waals surface area contributed by atoms with Crippen LogP contribution in [-0.4, -0.2) is 24.1 Å². The molecule has 0 bridgehead atoms. The van der Waals surface area contributed by atoms with E-state index in [0.717, 1.165) is 5.19 Å². The summed E-state index contributed by atoms with van der Waals surface area (Å²) in [5.74, 6) is -1.93. The average molecular weight is 344 g/mol. The molecule has 0 saturated heterocycles. The number of pyridine rings is 1. The highest BCUT2D eigenvalue weighted by Gasteiger charge is 2.22. The molecule has 0 aliphatic rings. The third-order valence-corrected chi connectivity index (χ3v) is 5.82. The van der Waals surface area contributed by atoms with Crippen molar-refractivity contribution in [2.45, 2.75) is 19.6 Å². The van der Waals surface area contributed by atoms with Crippen molar-refractivity contribution >= 4 is 41.6 Å². The summed E-state index contributed by atoms with van der Waals surface area (Å²) < 4.78 is 19.8. The lowest BCUT2D eigenvalue weighted by Gasteiger charge is -2.17. The molecule has 124 valence electrons. The van der Waals surface area contributed by atoms with Gasteiger partial charge >= 0.3 is 5.97 Å². The first kappa shape index (κ1) is 16.2. The Hall–Kier alpha value is -2.67. The number of hydrogen-bond donors (Lipinski definition) is 2. The maximum absolute atomic E-state index is 14.5. The van der Waals surface area contributed by atoms with Crippen molar-refractivity contribution in [2.75, 3.05) is 5.32 Å². The Kier molecular flexibility index (Phi) is 3.88. The molecule has 2 heterocycles. The van der Waals surface area contributed by atoms with Gasteiger partial charge < -0.3 is 14.8 Å². The maximum atomic E-state index is 14.5. The molecule has 3 aromatic rings. The van der Waals surface area contributed by atoms with Crippen LogP contribution < -0.4 is 10.5 Å². The number of carbonyl (C=O) groups is 1. The van der Waals surface area contributed by atoms with E-state index in [9.17, 15) is 14.3 Å². The lowest BCUT2D eigenvalue weighted by atomic mass is 10.2. The first-order chi connectivity index (χ1) is 11.3. The number of fused-ring (bicyclic) bond motifs is 1. The summed E-state index contributed by atoms with van der Waals surface area (Å²) in [4.78, 5) is 15.4. The van der Waals surface area contributed by atoms with Crippen LogP contribution in [0.3, 0.4) is 0 Å². The van der Waals surface area contributed by atoms with Gasteiger partial charge in [-0.05, 0) is 18.2 Å². The van der Waals surface area contributed by atoms with Gasteiger partial charge in [-0.25, -0.2) is 9.18 Å². The van der Waals surface area contributed by atoms with Gasteiger partial charge in [0, 0.05) is 12.4 Å². The summed E-state index contributed by atoms with van der Waals surface area (Å²) in [5.41, 5.74) is 0.778. The zero-order valence-electron chi connectivity index (χ0n) is 13.6. The van der Waals surface area contributed by atoms with Crippen LogP contribution in [0.15, 0.2) is 41.1 Å². The molecule has 0 radical (unpaired) electrons. The van der Waals surface area contributed by atoms with Gasteiger partial charge in [0.2, 0.25) is 5.76 Å². The number of aromatic nitrogens is 1. The van der Waals surface area contributed by atoms with Gasteiger partial charge in [0.1, 0.15) is 17.1 Å². The van der Waals surface area contributed by atoms with E-state index in [1.54, 1.807) is 12.1 Å². The SMILES string of the molecule is C[Si](C)(C)c1ccc(Nc2c(C(=O)O)oc3ccncc23)c(F)c1. The van der Waals surface area contributed by atoms with Crippen molar-refractivity contribution in [3.05, 3.63) is 48.2 Å². The van der Waals surface area contributed by atoms with Crippen molar-refractivity contribution in [3.8, 4) is 0 Å². The fraction of sp³-hybridized carbons (Fsp3) is 0.176. The molecule has 0 fully saturated rings. The number of furan rings is 1. The summed E-state index contributed by atoms with van der Waals surface area (Å²) in [6.07, 6.45) is 2.99. The summed E-state index contributed by atoms with van der Waals surface area (Å²) >= 11 is 0. The summed E-state index contributed by atoms with van der Waals surface area (Å²) in [6, 6.07) is 6.58. The second-order valence-corrected chi connectivity index (χ2v) is 11.6. The van der Waals surface area contributed by atoms with E-state index in [2.05, 4.69) is 29.9 Å². The van der Waals surface area contributed by atoms with Crippen molar-refractivity contribution in [1.29, 1.82) is 0 Å². The Labute approximate surface area is 139 Å². The minimum absolute atomic E-state index is 0.199. The third kappa shape index (κ3) is 2.90. The quantitative estimate of drug-likeness (QED) is 0.701. The highest BCUT2D eigenvalue weighted by Crippen LogP contribution is 2.33. The molecule has 0 aliphatic heterocycles. The Morgan fingerprint density at radius 3 is 2.67 bits per heavy atom. The van der Waals surface area contributed by atoms with Crippen LogP contribution in [0.4, 0.5) is 15.8 Å². The lowest BCUT2D eigenvalue weighted by Crippen LogP contribution is -2.37. The number of nitrogens with one attached hydrogen (secondary N) is 1. The van der Waals surface area contributed by atoms with Crippen LogP contribution >= 0.6 is 0 Å². The molecule has 3 rings (SSSR count). The molecule has 0 saturated carbocycles. The van der Waals surface area contributed by atoms with Gasteiger partial charge in [-0.2, -0.15) is 0 Å². The van der Waals surface area contributed by atoms with Crippen molar-refractivity contribution < 1.29 is 18.7 Å². The molecule has 1 aromatic carbocycles. The molecular weight excluding hydrogens is 327 g/mol. The molecule has 0 atom stereocenters. The molecule has 2 N–H and O–H groups in total. The number of nitrogens with zero attached hydrogens (tertiary/aromatic N) is 1. The minimum Gasteiger partial charge on any atom is -0.475 e. The van der Waals surface area contributed by atoms with Gasteiger partial charge in [0.25, 0.3) is 0 Å². The van der Waals surface area contributed by atoms with E-state index < -0.39 is 19.9 Å². The van der Waals surface area contributed by atoms with Gasteiger partial charge in [-0.3, -0.25) is 4.98 Å². The lowest BCUT2D eigenvalue weighted by molar-refractivity contribution is 0.0666. The second-order valence-electron chi connectivity index (χ2n) is 6.55. The van der Waals surface area contributed by atoms with E-state index in [-0.39, 0.29) is 17.1 Å². The normalized spacial score (nSPS) is 11.7. The van der Waals surface area contributed by atoms with E-state index in [1.807, 2.05) is 6.07 Å². The highest BCUT2D eigenvalue weighted by atomic mass is 28.3. The Morgan fingerprint density at radius 2 is 2.04 bits per heavy atom. The topological polar surface area (TPSA) is 75.4 Å². The smallest absolute Gasteiger partial charge is 0.374 e. The van der Waals surface area contributed by atoms with Crippen LogP contribution in [0, 0.1) is 5.82 Å². The fourth-order valence-corrected chi connectivity index (χ4v) is 3.58. The van der Waals surface area contributed by atoms with E-state index in [4.69, 9.17) is 4.42 Å². The van der Waals surface area contributed by atoms with Crippen molar-refractivity contribution in [3.63, 3.8) is 0 Å². The maximum Gasteiger partial charge on any atom is 0.374 e. The molecule has 2 aromatic heterocycles. The molecule has 0 spiro atoms. The molecular formula is C17H17FN2O3Si. The highest BCUT2D eigenvalue weighted by molar-refractivity contribution is 6.88. The summed E-state index contributed by atoms with van der Waals surface area (Å²) in [6.45, 7) is 6.39. The number of aromatic carboxylic acids is 1. The van der Waals surface area contributed by atoms with Crippen molar-refractivity contribution in [1.82, 2.24) is 4.98 Å². The predicted octanol–water partition coefficient (Wildman–Crippen LogP) is 3.95. The number of rotatable bonds is 4. The number of halogens is 1. The van der Waals surface area contributed by atoms with Gasteiger partial charge in [0.05, 0.1) is 19.1 Å². The van der Waals surface area contributed by atoms with Crippen molar-refractivity contribution in [2.24, 2.45) is 0 Å². The average Bonchev–Trinajstić information content (AvgIpc) is 2.87. The minimum atomic E-state index is -1.63. The zero-order valence-corrected chi connectivity index (χ0v) is 14.6. The monoisotopic (exact) mass is 344 g/mol. The predicted molar refractivity (Wildman–Crippen MR) is 93.6 cm³/mol. The van der Waals surface area contributed by atoms with E-state index in [1.165, 1.54) is 18.5 Å². The number of hydrogen-bond acceptors (Lipinski definition) is 4. The number of anilines is 2. The number of benzene rings is 1. The standard InChI is InChI=1S/C17H17FN2O3Si/c1-24(2,3)10-4-5-13(12(18)8-10)20-15-11-9-19-7-6-14(11)23-16(15)17(21)22/h4-9,20H,1-3H3,(H,21,22). The number of carboxylic acid groups (broad SMARTS) is 1. The van der Waals surface area contributed by atoms with E-state index in [0.29, 0.717) is 11.0 Å². The molecule has 24 heavy (non-hydrogen) atoms. The van der Waals surface area contributed by atoms with Crippen LogP contribution in [0.1, 0.15) is 10.6 Å². The second kappa shape index (κ2) is 5.75. The Morgan fingerprint density at radius 1 is 1.29 bits per heavy atom. The molecule has 0 amide bonds. The van der Waals surface area contributed by atoms with Crippen LogP contribution in [0.25, 0.3) is 11.0 Å². The van der Waals surface area contributed by atoms with Gasteiger partial charge in [-0.1, -0.05) is 30.9 Å². The van der Waals surface area contributed by atoms with Crippen LogP contribution in [-0.2, 0) is 0 Å². The molecule has 0 aliphatic carbocycles. The van der Waals surface area contributed by atoms with Gasteiger partial charge in [-0.15, -0.1) is 0 Å². The first-order valence-electron chi connectivity index (χ1n) is 7.44.